The van der Waals surface area contributed by atoms with E-state index in [9.17, 15) is 19.1 Å². The zero-order chi connectivity index (χ0) is 16.0. The number of halogens is 1. The third-order valence-electron chi connectivity index (χ3n) is 2.61. The first kappa shape index (κ1) is 17.6. The first-order valence-electron chi connectivity index (χ1n) is 6.43. The molecule has 0 saturated heterocycles. The van der Waals surface area contributed by atoms with Gasteiger partial charge >= 0.3 is 7.60 Å². The van der Waals surface area contributed by atoms with Gasteiger partial charge in [0.25, 0.3) is 5.69 Å². The second-order valence-corrected chi connectivity index (χ2v) is 6.48. The molecule has 9 heteroatoms. The molecular weight excluding hydrogens is 302 g/mol. The summed E-state index contributed by atoms with van der Waals surface area (Å²) in [7, 11) is -3.50. The summed E-state index contributed by atoms with van der Waals surface area (Å²) in [5.74, 6) is -1.50. The summed E-state index contributed by atoms with van der Waals surface area (Å²) in [5, 5.41) is 13.6. The highest BCUT2D eigenvalue weighted by Gasteiger charge is 2.33. The molecule has 1 atom stereocenters. The molecule has 1 unspecified atom stereocenters. The van der Waals surface area contributed by atoms with Crippen molar-refractivity contribution in [2.75, 3.05) is 18.5 Å². The number of rotatable bonds is 8. The highest BCUT2D eigenvalue weighted by Crippen LogP contribution is 2.53. The predicted molar refractivity (Wildman–Crippen MR) is 77.0 cm³/mol. The Balaban J connectivity index is 3.06. The summed E-state index contributed by atoms with van der Waals surface area (Å²) in [6, 6.07) is 2.99. The Bertz CT molecular complexity index is 544. The molecule has 1 rings (SSSR count). The molecule has 118 valence electrons. The molecule has 0 spiro atoms. The molecule has 0 fully saturated rings. The number of nitro groups is 1. The molecule has 1 aromatic rings. The van der Waals surface area contributed by atoms with Gasteiger partial charge in [0.15, 0.2) is 0 Å². The predicted octanol–water partition coefficient (Wildman–Crippen LogP) is 3.76. The molecule has 0 saturated carbocycles. The SMILES string of the molecule is CCOP(=O)(OCC)C(C)Nc1cc(F)ccc1[N+](=O)[O-]. The van der Waals surface area contributed by atoms with Crippen molar-refractivity contribution in [3.05, 3.63) is 34.1 Å². The van der Waals surface area contributed by atoms with Crippen LogP contribution in [0.2, 0.25) is 0 Å². The van der Waals surface area contributed by atoms with Gasteiger partial charge in [0, 0.05) is 12.1 Å². The van der Waals surface area contributed by atoms with Crippen LogP contribution in [0.15, 0.2) is 18.2 Å². The van der Waals surface area contributed by atoms with Gasteiger partial charge in [0.05, 0.1) is 18.1 Å². The molecule has 0 aromatic heterocycles. The molecule has 1 aromatic carbocycles. The Kier molecular flexibility index (Phi) is 6.26. The van der Waals surface area contributed by atoms with Gasteiger partial charge in [0.2, 0.25) is 0 Å². The van der Waals surface area contributed by atoms with Gasteiger partial charge < -0.3 is 14.4 Å². The summed E-state index contributed by atoms with van der Waals surface area (Å²) < 4.78 is 36.1. The molecule has 0 amide bonds. The topological polar surface area (TPSA) is 90.7 Å². The Morgan fingerprint density at radius 2 is 1.95 bits per heavy atom. The Morgan fingerprint density at radius 1 is 1.38 bits per heavy atom. The van der Waals surface area contributed by atoms with Crippen LogP contribution >= 0.6 is 7.60 Å². The van der Waals surface area contributed by atoms with E-state index in [-0.39, 0.29) is 24.6 Å². The lowest BCUT2D eigenvalue weighted by atomic mass is 10.2. The highest BCUT2D eigenvalue weighted by atomic mass is 31.2. The number of nitrogens with one attached hydrogen (secondary N) is 1. The standard InChI is InChI=1S/C12H18FN2O5P/c1-4-19-21(18,20-5-2)9(3)14-11-8-10(13)6-7-12(11)15(16)17/h6-9,14H,4-5H2,1-3H3. The minimum atomic E-state index is -3.50. The summed E-state index contributed by atoms with van der Waals surface area (Å²) >= 11 is 0. The van der Waals surface area contributed by atoms with Gasteiger partial charge in [0.1, 0.15) is 17.3 Å². The monoisotopic (exact) mass is 320 g/mol. The Morgan fingerprint density at radius 3 is 2.43 bits per heavy atom. The van der Waals surface area contributed by atoms with Crippen molar-refractivity contribution in [1.82, 2.24) is 0 Å². The summed E-state index contributed by atoms with van der Waals surface area (Å²) in [6.07, 6.45) is 0. The Hall–Kier alpha value is -1.50. The van der Waals surface area contributed by atoms with Crippen molar-refractivity contribution in [2.45, 2.75) is 26.6 Å². The van der Waals surface area contributed by atoms with Crippen LogP contribution in [0.3, 0.4) is 0 Å². The number of hydrogen-bond donors (Lipinski definition) is 1. The van der Waals surface area contributed by atoms with Gasteiger partial charge in [-0.2, -0.15) is 0 Å². The van der Waals surface area contributed by atoms with Crippen molar-refractivity contribution in [3.63, 3.8) is 0 Å². The van der Waals surface area contributed by atoms with E-state index in [0.29, 0.717) is 0 Å². The molecule has 0 radical (unpaired) electrons. The maximum atomic E-state index is 13.3. The largest absolute Gasteiger partial charge is 0.366 e. The number of benzene rings is 1. The fraction of sp³-hybridized carbons (Fsp3) is 0.500. The van der Waals surface area contributed by atoms with Crippen LogP contribution in [0.1, 0.15) is 20.8 Å². The van der Waals surface area contributed by atoms with Crippen molar-refractivity contribution in [1.29, 1.82) is 0 Å². The van der Waals surface area contributed by atoms with E-state index >= 15 is 0 Å². The van der Waals surface area contributed by atoms with Gasteiger partial charge in [-0.25, -0.2) is 4.39 Å². The fourth-order valence-corrected chi connectivity index (χ4v) is 3.25. The first-order valence-corrected chi connectivity index (χ1v) is 8.04. The maximum Gasteiger partial charge on any atom is 0.352 e. The van der Waals surface area contributed by atoms with Crippen molar-refractivity contribution >= 4 is 19.0 Å². The minimum absolute atomic E-state index is 0.0767. The lowest BCUT2D eigenvalue weighted by Gasteiger charge is -2.24. The van der Waals surface area contributed by atoms with Crippen molar-refractivity contribution < 1.29 is 22.9 Å². The Labute approximate surface area is 122 Å². The third-order valence-corrected chi connectivity index (χ3v) is 4.93. The molecule has 7 nitrogen and oxygen atoms in total. The molecule has 0 aliphatic heterocycles. The van der Waals surface area contributed by atoms with E-state index in [1.165, 1.54) is 6.92 Å². The maximum absolute atomic E-state index is 13.3. The van der Waals surface area contributed by atoms with Gasteiger partial charge in [-0.1, -0.05) is 0 Å². The zero-order valence-electron chi connectivity index (χ0n) is 12.0. The lowest BCUT2D eigenvalue weighted by Crippen LogP contribution is -2.19. The molecule has 1 N–H and O–H groups in total. The molecule has 0 aliphatic carbocycles. The van der Waals surface area contributed by atoms with Crippen LogP contribution in [-0.2, 0) is 13.6 Å². The van der Waals surface area contributed by atoms with Crippen LogP contribution in [0.5, 0.6) is 0 Å². The number of hydrogen-bond acceptors (Lipinski definition) is 6. The summed E-state index contributed by atoms with van der Waals surface area (Å²) in [6.45, 7) is 5.13. The van der Waals surface area contributed by atoms with Crippen LogP contribution in [0.4, 0.5) is 15.8 Å². The molecule has 21 heavy (non-hydrogen) atoms. The second-order valence-electron chi connectivity index (χ2n) is 4.11. The van der Waals surface area contributed by atoms with E-state index in [1.54, 1.807) is 13.8 Å². The number of nitrogens with zero attached hydrogens (tertiary/aromatic N) is 1. The number of nitro benzene ring substituents is 1. The lowest BCUT2D eigenvalue weighted by molar-refractivity contribution is -0.384. The van der Waals surface area contributed by atoms with Gasteiger partial charge in [-0.3, -0.25) is 14.7 Å². The molecular formula is C12H18FN2O5P. The van der Waals surface area contributed by atoms with E-state index < -0.39 is 24.1 Å². The van der Waals surface area contributed by atoms with Gasteiger partial charge in [-0.05, 0) is 26.8 Å². The smallest absolute Gasteiger partial charge is 0.352 e. The van der Waals surface area contributed by atoms with Crippen molar-refractivity contribution in [3.8, 4) is 0 Å². The van der Waals surface area contributed by atoms with Crippen LogP contribution in [0, 0.1) is 15.9 Å². The van der Waals surface area contributed by atoms with Crippen LogP contribution < -0.4 is 5.32 Å². The van der Waals surface area contributed by atoms with E-state index in [4.69, 9.17) is 9.05 Å². The highest BCUT2D eigenvalue weighted by molar-refractivity contribution is 7.54. The zero-order valence-corrected chi connectivity index (χ0v) is 12.9. The van der Waals surface area contributed by atoms with E-state index in [2.05, 4.69) is 5.32 Å². The minimum Gasteiger partial charge on any atom is -0.366 e. The molecule has 0 heterocycles. The third kappa shape index (κ3) is 4.49. The number of anilines is 1. The summed E-state index contributed by atoms with van der Waals surface area (Å²) in [5.41, 5.74) is -0.394. The van der Waals surface area contributed by atoms with E-state index in [0.717, 1.165) is 18.2 Å². The quantitative estimate of drug-likeness (QED) is 0.445. The second kappa shape index (κ2) is 7.49. The summed E-state index contributed by atoms with van der Waals surface area (Å²) in [4.78, 5) is 10.3. The normalized spacial score (nSPS) is 13.0. The van der Waals surface area contributed by atoms with Crippen LogP contribution in [0.25, 0.3) is 0 Å². The van der Waals surface area contributed by atoms with Crippen molar-refractivity contribution in [2.24, 2.45) is 0 Å². The van der Waals surface area contributed by atoms with E-state index in [1.807, 2.05) is 0 Å². The average molecular weight is 320 g/mol. The van der Waals surface area contributed by atoms with Crippen LogP contribution in [-0.4, -0.2) is 23.9 Å². The first-order chi connectivity index (χ1) is 9.84. The van der Waals surface area contributed by atoms with Gasteiger partial charge in [-0.15, -0.1) is 0 Å². The molecule has 0 bridgehead atoms. The molecule has 0 aliphatic rings. The average Bonchev–Trinajstić information content (AvgIpc) is 2.38. The fourth-order valence-electron chi connectivity index (χ4n) is 1.71.